The highest BCUT2D eigenvalue weighted by Gasteiger charge is 2.01. The summed E-state index contributed by atoms with van der Waals surface area (Å²) in [5.74, 6) is -0.166. The molecule has 0 aliphatic heterocycles. The molecule has 0 saturated carbocycles. The van der Waals surface area contributed by atoms with E-state index in [1.165, 1.54) is 17.8 Å². The fraction of sp³-hybridized carbons (Fsp3) is 0.400. The molecule has 0 heterocycles. The highest BCUT2D eigenvalue weighted by atomic mass is 32.2. The molecular weight excluding hydrogens is 187 g/mol. The highest BCUT2D eigenvalue weighted by molar-refractivity contribution is 7.98. The Labute approximate surface area is 82.0 Å². The normalized spacial score (nSPS) is 10.4. The first-order chi connectivity index (χ1) is 6.27. The Bertz CT molecular complexity index is 276. The van der Waals surface area contributed by atoms with Gasteiger partial charge in [-0.1, -0.05) is 6.07 Å². The van der Waals surface area contributed by atoms with Crippen LogP contribution in [0.5, 0.6) is 0 Å². The number of aliphatic hydroxyl groups excluding tert-OH is 1. The van der Waals surface area contributed by atoms with E-state index in [0.717, 1.165) is 18.4 Å². The van der Waals surface area contributed by atoms with Gasteiger partial charge in [-0.2, -0.15) is 0 Å². The average Bonchev–Trinajstić information content (AvgIpc) is 2.16. The number of halogens is 1. The molecule has 0 spiro atoms. The predicted octanol–water partition coefficient (Wildman–Crippen LogP) is 2.47. The Balaban J connectivity index is 2.74. The molecule has 0 fully saturated rings. The summed E-state index contributed by atoms with van der Waals surface area (Å²) in [6, 6.07) is 5.10. The van der Waals surface area contributed by atoms with E-state index in [1.807, 2.05) is 12.3 Å². The van der Waals surface area contributed by atoms with Crippen LogP contribution in [0.25, 0.3) is 0 Å². The molecule has 72 valence electrons. The highest BCUT2D eigenvalue weighted by Crippen LogP contribution is 2.20. The van der Waals surface area contributed by atoms with Crippen LogP contribution >= 0.6 is 11.8 Å². The topological polar surface area (TPSA) is 20.2 Å². The largest absolute Gasteiger partial charge is 0.396 e. The van der Waals surface area contributed by atoms with Gasteiger partial charge < -0.3 is 5.11 Å². The molecule has 1 rings (SSSR count). The summed E-state index contributed by atoms with van der Waals surface area (Å²) in [4.78, 5) is 0.676. The number of rotatable bonds is 4. The third kappa shape index (κ3) is 3.01. The van der Waals surface area contributed by atoms with Crippen LogP contribution < -0.4 is 0 Å². The molecule has 13 heavy (non-hydrogen) atoms. The van der Waals surface area contributed by atoms with Crippen molar-refractivity contribution in [3.63, 3.8) is 0 Å². The van der Waals surface area contributed by atoms with Crippen LogP contribution in [0.4, 0.5) is 4.39 Å². The van der Waals surface area contributed by atoms with Crippen molar-refractivity contribution in [1.82, 2.24) is 0 Å². The zero-order chi connectivity index (χ0) is 9.68. The zero-order valence-electron chi connectivity index (χ0n) is 7.59. The monoisotopic (exact) mass is 200 g/mol. The molecule has 0 radical (unpaired) electrons. The van der Waals surface area contributed by atoms with Crippen LogP contribution in [-0.4, -0.2) is 18.0 Å². The van der Waals surface area contributed by atoms with E-state index in [9.17, 15) is 4.39 Å². The maximum absolute atomic E-state index is 13.0. The Hall–Kier alpha value is -0.540. The Morgan fingerprint density at radius 1 is 1.46 bits per heavy atom. The van der Waals surface area contributed by atoms with Crippen LogP contribution in [0.3, 0.4) is 0 Å². The first-order valence-corrected chi connectivity index (χ1v) is 5.43. The van der Waals surface area contributed by atoms with E-state index < -0.39 is 0 Å². The summed E-state index contributed by atoms with van der Waals surface area (Å²) < 4.78 is 13.0. The SMILES string of the molecule is CSc1cc(CCCO)ccc1F. The van der Waals surface area contributed by atoms with E-state index in [4.69, 9.17) is 5.11 Å². The second-order valence-electron chi connectivity index (χ2n) is 2.80. The standard InChI is InChI=1S/C10H13FOS/c1-13-10-7-8(3-2-6-12)4-5-9(10)11/h4-5,7,12H,2-3,6H2,1H3. The lowest BCUT2D eigenvalue weighted by atomic mass is 10.1. The van der Waals surface area contributed by atoms with Crippen LogP contribution in [0.1, 0.15) is 12.0 Å². The van der Waals surface area contributed by atoms with E-state index in [-0.39, 0.29) is 12.4 Å². The van der Waals surface area contributed by atoms with Crippen molar-refractivity contribution < 1.29 is 9.50 Å². The number of thioether (sulfide) groups is 1. The smallest absolute Gasteiger partial charge is 0.136 e. The van der Waals surface area contributed by atoms with Crippen LogP contribution in [0, 0.1) is 5.82 Å². The first kappa shape index (κ1) is 10.5. The van der Waals surface area contributed by atoms with Crippen molar-refractivity contribution in [3.05, 3.63) is 29.6 Å². The van der Waals surface area contributed by atoms with Gasteiger partial charge in [0.05, 0.1) is 0 Å². The molecule has 0 atom stereocenters. The third-order valence-corrected chi connectivity index (χ3v) is 2.59. The fourth-order valence-electron chi connectivity index (χ4n) is 1.14. The first-order valence-electron chi connectivity index (χ1n) is 4.21. The lowest BCUT2D eigenvalue weighted by molar-refractivity contribution is 0.288. The van der Waals surface area contributed by atoms with E-state index in [0.29, 0.717) is 4.90 Å². The second-order valence-corrected chi connectivity index (χ2v) is 3.64. The quantitative estimate of drug-likeness (QED) is 0.753. The van der Waals surface area contributed by atoms with Crippen molar-refractivity contribution in [3.8, 4) is 0 Å². The van der Waals surface area contributed by atoms with Gasteiger partial charge in [0.2, 0.25) is 0 Å². The number of hydrogen-bond acceptors (Lipinski definition) is 2. The molecule has 0 saturated heterocycles. The molecule has 0 aliphatic carbocycles. The van der Waals surface area contributed by atoms with Crippen molar-refractivity contribution in [2.24, 2.45) is 0 Å². The van der Waals surface area contributed by atoms with E-state index in [1.54, 1.807) is 6.07 Å². The van der Waals surface area contributed by atoms with Gasteiger partial charge in [0.1, 0.15) is 5.82 Å². The van der Waals surface area contributed by atoms with Gasteiger partial charge in [-0.05, 0) is 36.8 Å². The predicted molar refractivity (Wildman–Crippen MR) is 53.6 cm³/mol. The molecule has 1 aromatic carbocycles. The molecule has 1 aromatic rings. The fourth-order valence-corrected chi connectivity index (χ4v) is 1.68. The van der Waals surface area contributed by atoms with Crippen molar-refractivity contribution >= 4 is 11.8 Å². The molecule has 0 aliphatic rings. The molecule has 0 bridgehead atoms. The minimum atomic E-state index is -0.166. The van der Waals surface area contributed by atoms with Crippen LogP contribution in [-0.2, 0) is 6.42 Å². The van der Waals surface area contributed by atoms with Crippen LogP contribution in [0.2, 0.25) is 0 Å². The minimum Gasteiger partial charge on any atom is -0.396 e. The van der Waals surface area contributed by atoms with Gasteiger partial charge in [-0.25, -0.2) is 4.39 Å². The van der Waals surface area contributed by atoms with Crippen molar-refractivity contribution in [2.75, 3.05) is 12.9 Å². The molecule has 0 aromatic heterocycles. The van der Waals surface area contributed by atoms with Gasteiger partial charge in [-0.15, -0.1) is 11.8 Å². The van der Waals surface area contributed by atoms with Gasteiger partial charge >= 0.3 is 0 Å². The molecule has 3 heteroatoms. The van der Waals surface area contributed by atoms with Gasteiger partial charge in [0, 0.05) is 11.5 Å². The zero-order valence-corrected chi connectivity index (χ0v) is 8.40. The summed E-state index contributed by atoms with van der Waals surface area (Å²) in [7, 11) is 0. The maximum Gasteiger partial charge on any atom is 0.136 e. The Kier molecular flexibility index (Phi) is 4.25. The minimum absolute atomic E-state index is 0.166. The van der Waals surface area contributed by atoms with E-state index >= 15 is 0 Å². The van der Waals surface area contributed by atoms with Gasteiger partial charge in [-0.3, -0.25) is 0 Å². The summed E-state index contributed by atoms with van der Waals surface area (Å²) in [5, 5.41) is 8.63. The third-order valence-electron chi connectivity index (χ3n) is 1.84. The summed E-state index contributed by atoms with van der Waals surface area (Å²) >= 11 is 1.41. The maximum atomic E-state index is 13.0. The summed E-state index contributed by atoms with van der Waals surface area (Å²) in [5.41, 5.74) is 1.08. The van der Waals surface area contributed by atoms with Gasteiger partial charge in [0.25, 0.3) is 0 Å². The number of benzene rings is 1. The summed E-state index contributed by atoms with van der Waals surface area (Å²) in [6.45, 7) is 0.186. The number of hydrogen-bond donors (Lipinski definition) is 1. The van der Waals surface area contributed by atoms with Gasteiger partial charge in [0.15, 0.2) is 0 Å². The lowest BCUT2D eigenvalue weighted by Gasteiger charge is -2.03. The van der Waals surface area contributed by atoms with E-state index in [2.05, 4.69) is 0 Å². The molecule has 0 amide bonds. The van der Waals surface area contributed by atoms with Crippen LogP contribution in [0.15, 0.2) is 23.1 Å². The lowest BCUT2D eigenvalue weighted by Crippen LogP contribution is -1.91. The summed E-state index contributed by atoms with van der Waals surface area (Å²) in [6.07, 6.45) is 3.40. The molecular formula is C10H13FOS. The average molecular weight is 200 g/mol. The Morgan fingerprint density at radius 3 is 2.85 bits per heavy atom. The molecule has 0 unspecified atom stereocenters. The Morgan fingerprint density at radius 2 is 2.23 bits per heavy atom. The second kappa shape index (κ2) is 5.25. The molecule has 1 N–H and O–H groups in total. The van der Waals surface area contributed by atoms with Crippen molar-refractivity contribution in [1.29, 1.82) is 0 Å². The number of aliphatic hydroxyl groups is 1. The molecule has 1 nitrogen and oxygen atoms in total. The number of aryl methyl sites for hydroxylation is 1. The van der Waals surface area contributed by atoms with Crippen molar-refractivity contribution in [2.45, 2.75) is 17.7 Å².